The lowest BCUT2D eigenvalue weighted by molar-refractivity contribution is -0.132. The molecule has 1 aliphatic rings. The summed E-state index contributed by atoms with van der Waals surface area (Å²) in [6.07, 6.45) is 7.04. The van der Waals surface area contributed by atoms with E-state index >= 15 is 0 Å². The lowest BCUT2D eigenvalue weighted by Crippen LogP contribution is -2.03. The number of carbonyl (C=O) groups is 2. The molecule has 1 aliphatic carbocycles. The summed E-state index contributed by atoms with van der Waals surface area (Å²) in [7, 11) is 0. The van der Waals surface area contributed by atoms with Gasteiger partial charge in [0.25, 0.3) is 0 Å². The minimum atomic E-state index is -1.03. The second-order valence-electron chi connectivity index (χ2n) is 3.56. The third-order valence-corrected chi connectivity index (χ3v) is 2.30. The SMILES string of the molecule is O=C(O)C1=CCCCC1.O=C(O)c1ccco1. The van der Waals surface area contributed by atoms with Gasteiger partial charge in [0.15, 0.2) is 0 Å². The Morgan fingerprint density at radius 3 is 2.24 bits per heavy atom. The lowest BCUT2D eigenvalue weighted by Gasteiger charge is -2.06. The van der Waals surface area contributed by atoms with E-state index in [9.17, 15) is 9.59 Å². The Bertz CT molecular complexity index is 403. The number of aromatic carboxylic acids is 1. The average Bonchev–Trinajstić information content (AvgIpc) is 2.84. The highest BCUT2D eigenvalue weighted by Gasteiger charge is 2.08. The molecule has 0 aliphatic heterocycles. The van der Waals surface area contributed by atoms with Gasteiger partial charge >= 0.3 is 11.9 Å². The zero-order valence-corrected chi connectivity index (χ0v) is 9.26. The molecule has 0 aromatic carbocycles. The molecule has 2 rings (SSSR count). The van der Waals surface area contributed by atoms with Gasteiger partial charge in [-0.2, -0.15) is 0 Å². The first kappa shape index (κ1) is 13.0. The minimum absolute atomic E-state index is 0.0231. The standard InChI is InChI=1S/C7H10O2.C5H4O3/c8-7(9)6-4-2-1-3-5-6;6-5(7)4-2-1-3-8-4/h4H,1-3,5H2,(H,8,9);1-3H,(H,6,7). The van der Waals surface area contributed by atoms with E-state index in [1.165, 1.54) is 18.4 Å². The van der Waals surface area contributed by atoms with Crippen LogP contribution in [0.1, 0.15) is 36.2 Å². The zero-order chi connectivity index (χ0) is 12.7. The van der Waals surface area contributed by atoms with Gasteiger partial charge in [-0.15, -0.1) is 0 Å². The Morgan fingerprint density at radius 2 is 1.94 bits per heavy atom. The zero-order valence-electron chi connectivity index (χ0n) is 9.26. The van der Waals surface area contributed by atoms with Gasteiger partial charge in [0.2, 0.25) is 5.76 Å². The first-order valence-electron chi connectivity index (χ1n) is 5.30. The topological polar surface area (TPSA) is 87.7 Å². The van der Waals surface area contributed by atoms with Crippen molar-refractivity contribution in [1.29, 1.82) is 0 Å². The molecule has 0 unspecified atom stereocenters. The van der Waals surface area contributed by atoms with Crippen LogP contribution in [0.5, 0.6) is 0 Å². The van der Waals surface area contributed by atoms with Gasteiger partial charge in [-0.3, -0.25) is 0 Å². The summed E-state index contributed by atoms with van der Waals surface area (Å²) >= 11 is 0. The van der Waals surface area contributed by atoms with Crippen LogP contribution >= 0.6 is 0 Å². The number of hydrogen-bond acceptors (Lipinski definition) is 3. The molecular formula is C12H14O5. The predicted molar refractivity (Wildman–Crippen MR) is 59.9 cm³/mol. The Hall–Kier alpha value is -2.04. The highest BCUT2D eigenvalue weighted by atomic mass is 16.4. The summed E-state index contributed by atoms with van der Waals surface area (Å²) in [6, 6.07) is 2.92. The lowest BCUT2D eigenvalue weighted by atomic mass is 10.0. The Balaban J connectivity index is 0.000000171. The maximum Gasteiger partial charge on any atom is 0.371 e. The van der Waals surface area contributed by atoms with Crippen LogP contribution in [0, 0.1) is 0 Å². The third-order valence-electron chi connectivity index (χ3n) is 2.30. The van der Waals surface area contributed by atoms with Gasteiger partial charge in [-0.1, -0.05) is 6.08 Å². The van der Waals surface area contributed by atoms with Crippen LogP contribution in [-0.4, -0.2) is 22.2 Å². The third kappa shape index (κ3) is 4.55. The van der Waals surface area contributed by atoms with E-state index in [2.05, 4.69) is 4.42 Å². The van der Waals surface area contributed by atoms with Crippen molar-refractivity contribution in [1.82, 2.24) is 0 Å². The number of rotatable bonds is 2. The summed E-state index contributed by atoms with van der Waals surface area (Å²) in [5, 5.41) is 16.6. The van der Waals surface area contributed by atoms with E-state index in [1.54, 1.807) is 0 Å². The van der Waals surface area contributed by atoms with Crippen molar-refractivity contribution >= 4 is 11.9 Å². The number of allylic oxidation sites excluding steroid dienone is 1. The fraction of sp³-hybridized carbons (Fsp3) is 0.333. The van der Waals surface area contributed by atoms with Crippen LogP contribution in [0.3, 0.4) is 0 Å². The molecule has 1 aromatic rings. The second kappa shape index (κ2) is 6.52. The number of carboxylic acid groups (broad SMARTS) is 2. The molecule has 0 spiro atoms. The number of carboxylic acids is 2. The normalized spacial score (nSPS) is 14.2. The summed E-state index contributed by atoms with van der Waals surface area (Å²) in [5.41, 5.74) is 0.598. The van der Waals surface area contributed by atoms with E-state index in [4.69, 9.17) is 10.2 Å². The van der Waals surface area contributed by atoms with E-state index in [-0.39, 0.29) is 5.76 Å². The molecule has 0 amide bonds. The van der Waals surface area contributed by atoms with Crippen molar-refractivity contribution in [3.63, 3.8) is 0 Å². The molecule has 0 fully saturated rings. The average molecular weight is 238 g/mol. The van der Waals surface area contributed by atoms with Gasteiger partial charge in [0.1, 0.15) is 0 Å². The number of furan rings is 1. The predicted octanol–water partition coefficient (Wildman–Crippen LogP) is 2.55. The van der Waals surface area contributed by atoms with Crippen molar-refractivity contribution < 1.29 is 24.2 Å². The number of hydrogen-bond donors (Lipinski definition) is 2. The Morgan fingerprint density at radius 1 is 1.18 bits per heavy atom. The summed E-state index contributed by atoms with van der Waals surface area (Å²) in [5.74, 6) is -1.80. The van der Waals surface area contributed by atoms with Crippen LogP contribution in [0.4, 0.5) is 0 Å². The maximum absolute atomic E-state index is 10.3. The monoisotopic (exact) mass is 238 g/mol. The Labute approximate surface area is 98.4 Å². The van der Waals surface area contributed by atoms with Crippen molar-refractivity contribution in [2.45, 2.75) is 25.7 Å². The maximum atomic E-state index is 10.3. The molecule has 1 aromatic heterocycles. The molecule has 0 bridgehead atoms. The van der Waals surface area contributed by atoms with E-state index in [0.29, 0.717) is 5.57 Å². The van der Waals surface area contributed by atoms with Gasteiger partial charge in [-0.25, -0.2) is 9.59 Å². The summed E-state index contributed by atoms with van der Waals surface area (Å²) in [4.78, 5) is 20.3. The second-order valence-corrected chi connectivity index (χ2v) is 3.56. The largest absolute Gasteiger partial charge is 0.478 e. The van der Waals surface area contributed by atoms with Crippen LogP contribution in [0.2, 0.25) is 0 Å². The Kier molecular flexibility index (Phi) is 5.00. The van der Waals surface area contributed by atoms with E-state index in [0.717, 1.165) is 25.7 Å². The van der Waals surface area contributed by atoms with Crippen LogP contribution in [-0.2, 0) is 4.79 Å². The van der Waals surface area contributed by atoms with Crippen LogP contribution < -0.4 is 0 Å². The quantitative estimate of drug-likeness (QED) is 0.826. The first-order chi connectivity index (χ1) is 8.11. The van der Waals surface area contributed by atoms with Crippen molar-refractivity contribution in [3.05, 3.63) is 35.8 Å². The fourth-order valence-corrected chi connectivity index (χ4v) is 1.43. The molecule has 0 radical (unpaired) electrons. The highest BCUT2D eigenvalue weighted by Crippen LogP contribution is 2.16. The molecule has 1 heterocycles. The van der Waals surface area contributed by atoms with Crippen LogP contribution in [0.15, 0.2) is 34.5 Å². The summed E-state index contributed by atoms with van der Waals surface area (Å²) in [6.45, 7) is 0. The molecule has 5 nitrogen and oxygen atoms in total. The molecular weight excluding hydrogens is 224 g/mol. The molecule has 0 atom stereocenters. The van der Waals surface area contributed by atoms with Gasteiger partial charge in [0.05, 0.1) is 6.26 Å². The molecule has 5 heteroatoms. The van der Waals surface area contributed by atoms with E-state index < -0.39 is 11.9 Å². The van der Waals surface area contributed by atoms with Crippen molar-refractivity contribution in [3.8, 4) is 0 Å². The molecule has 0 saturated carbocycles. The van der Waals surface area contributed by atoms with Crippen molar-refractivity contribution in [2.24, 2.45) is 0 Å². The van der Waals surface area contributed by atoms with E-state index in [1.807, 2.05) is 6.08 Å². The van der Waals surface area contributed by atoms with Crippen LogP contribution in [0.25, 0.3) is 0 Å². The van der Waals surface area contributed by atoms with Crippen molar-refractivity contribution in [2.75, 3.05) is 0 Å². The van der Waals surface area contributed by atoms with Gasteiger partial charge in [0, 0.05) is 5.57 Å². The van der Waals surface area contributed by atoms with Gasteiger partial charge < -0.3 is 14.6 Å². The molecule has 0 saturated heterocycles. The smallest absolute Gasteiger partial charge is 0.371 e. The fourth-order valence-electron chi connectivity index (χ4n) is 1.43. The number of aliphatic carboxylic acids is 1. The van der Waals surface area contributed by atoms with Gasteiger partial charge in [-0.05, 0) is 37.8 Å². The molecule has 92 valence electrons. The minimum Gasteiger partial charge on any atom is -0.478 e. The molecule has 17 heavy (non-hydrogen) atoms. The molecule has 2 N–H and O–H groups in total. The summed E-state index contributed by atoms with van der Waals surface area (Å²) < 4.78 is 4.50. The first-order valence-corrected chi connectivity index (χ1v) is 5.30. The highest BCUT2D eigenvalue weighted by molar-refractivity contribution is 5.86.